The normalized spacial score (nSPS) is 20.2. The first-order valence-electron chi connectivity index (χ1n) is 6.21. The van der Waals surface area contributed by atoms with Crippen molar-refractivity contribution in [2.24, 2.45) is 0 Å². The molecular formula is C16H15NS. The molecule has 0 bridgehead atoms. The van der Waals surface area contributed by atoms with Crippen LogP contribution in [0.25, 0.3) is 15.8 Å². The summed E-state index contributed by atoms with van der Waals surface area (Å²) in [5, 5.41) is 1.16. The van der Waals surface area contributed by atoms with Crippen molar-refractivity contribution in [1.29, 1.82) is 0 Å². The third-order valence-electron chi connectivity index (χ3n) is 3.04. The summed E-state index contributed by atoms with van der Waals surface area (Å²) < 4.78 is 1.28. The summed E-state index contributed by atoms with van der Waals surface area (Å²) in [4.78, 5) is 4.74. The first-order valence-corrected chi connectivity index (χ1v) is 7.03. The molecule has 0 fully saturated rings. The van der Waals surface area contributed by atoms with E-state index in [4.69, 9.17) is 4.98 Å². The van der Waals surface area contributed by atoms with Gasteiger partial charge in [0.25, 0.3) is 0 Å². The number of thiazole rings is 1. The number of hydrogen-bond acceptors (Lipinski definition) is 2. The number of aryl methyl sites for hydroxylation is 1. The molecule has 0 saturated heterocycles. The second-order valence-corrected chi connectivity index (χ2v) is 5.55. The highest BCUT2D eigenvalue weighted by atomic mass is 32.1. The van der Waals surface area contributed by atoms with E-state index < -0.39 is 0 Å². The van der Waals surface area contributed by atoms with Crippen molar-refractivity contribution in [1.82, 2.24) is 4.98 Å². The van der Waals surface area contributed by atoms with Gasteiger partial charge < -0.3 is 0 Å². The summed E-state index contributed by atoms with van der Waals surface area (Å²) in [6.45, 7) is 2.13. The topological polar surface area (TPSA) is 12.9 Å². The Morgan fingerprint density at radius 1 is 1.17 bits per heavy atom. The number of allylic oxidation sites excluding steroid dienone is 6. The lowest BCUT2D eigenvalue weighted by Crippen LogP contribution is -1.83. The van der Waals surface area contributed by atoms with Crippen LogP contribution in [0.1, 0.15) is 23.4 Å². The summed E-state index contributed by atoms with van der Waals surface area (Å²) in [7, 11) is 0. The highest BCUT2D eigenvalue weighted by Gasteiger charge is 2.08. The average Bonchev–Trinajstić information content (AvgIpc) is 2.71. The molecule has 1 aromatic carbocycles. The van der Waals surface area contributed by atoms with Crippen LogP contribution in [0.2, 0.25) is 0 Å². The Bertz CT molecular complexity index is 659. The lowest BCUT2D eigenvalue weighted by molar-refractivity contribution is 1.28. The molecule has 3 rings (SSSR count). The summed E-state index contributed by atoms with van der Waals surface area (Å²) in [6, 6.07) is 6.46. The molecule has 0 N–H and O–H groups in total. The van der Waals surface area contributed by atoms with Gasteiger partial charge in [-0.3, -0.25) is 0 Å². The van der Waals surface area contributed by atoms with Gasteiger partial charge >= 0.3 is 0 Å². The van der Waals surface area contributed by atoms with Crippen LogP contribution in [0.4, 0.5) is 0 Å². The predicted molar refractivity (Wildman–Crippen MR) is 79.8 cm³/mol. The molecule has 2 aromatic rings. The van der Waals surface area contributed by atoms with Gasteiger partial charge in [0.15, 0.2) is 0 Å². The Balaban J connectivity index is 2.03. The zero-order valence-electron chi connectivity index (χ0n) is 10.4. The number of fused-ring (bicyclic) bond motifs is 1. The maximum absolute atomic E-state index is 4.74. The first kappa shape index (κ1) is 11.4. The van der Waals surface area contributed by atoms with Gasteiger partial charge in [-0.1, -0.05) is 36.4 Å². The van der Waals surface area contributed by atoms with E-state index in [0.717, 1.165) is 23.4 Å². The summed E-state index contributed by atoms with van der Waals surface area (Å²) in [6.07, 6.45) is 12.8. The minimum absolute atomic E-state index is 0.975. The van der Waals surface area contributed by atoms with Gasteiger partial charge in [0.1, 0.15) is 5.01 Å². The molecule has 90 valence electrons. The molecule has 1 aromatic heterocycles. The molecule has 0 spiro atoms. The van der Waals surface area contributed by atoms with Crippen molar-refractivity contribution in [3.05, 3.63) is 59.2 Å². The van der Waals surface area contributed by atoms with Crippen LogP contribution in [0, 0.1) is 6.92 Å². The predicted octanol–water partition coefficient (Wildman–Crippen LogP) is 4.89. The molecule has 0 saturated carbocycles. The first-order chi connectivity index (χ1) is 8.83. The third kappa shape index (κ3) is 2.29. The summed E-state index contributed by atoms with van der Waals surface area (Å²) in [5.41, 5.74) is 3.75. The third-order valence-corrected chi connectivity index (χ3v) is 4.13. The van der Waals surface area contributed by atoms with E-state index in [1.54, 1.807) is 11.3 Å². The number of aromatic nitrogens is 1. The minimum Gasteiger partial charge on any atom is -0.236 e. The van der Waals surface area contributed by atoms with Crippen LogP contribution in [-0.2, 0) is 0 Å². The van der Waals surface area contributed by atoms with Crippen LogP contribution in [0.5, 0.6) is 0 Å². The molecule has 18 heavy (non-hydrogen) atoms. The second kappa shape index (κ2) is 4.91. The minimum atomic E-state index is 0.975. The number of hydrogen-bond donors (Lipinski definition) is 0. The fraction of sp³-hybridized carbons (Fsp3) is 0.188. The number of benzene rings is 1. The van der Waals surface area contributed by atoms with E-state index in [1.807, 2.05) is 0 Å². The van der Waals surface area contributed by atoms with E-state index in [-0.39, 0.29) is 0 Å². The molecule has 0 radical (unpaired) electrons. The molecule has 0 aliphatic heterocycles. The van der Waals surface area contributed by atoms with Crippen molar-refractivity contribution in [3.8, 4) is 0 Å². The molecule has 1 aliphatic rings. The molecular weight excluding hydrogens is 238 g/mol. The SMILES string of the molecule is Cc1ccc2nc(/C3=C/C/C=C\C=CC3)sc2c1. The standard InChI is InChI=1S/C16H15NS/c1-12-9-10-14-15(11-12)18-16(17-14)13-7-5-3-2-4-6-8-13/h2-5,8-11H,6-7H2,1H3/b4-2-,5-3?,13-8+. The largest absolute Gasteiger partial charge is 0.236 e. The van der Waals surface area contributed by atoms with Gasteiger partial charge in [-0.05, 0) is 43.0 Å². The quantitative estimate of drug-likeness (QED) is 0.704. The lowest BCUT2D eigenvalue weighted by atomic mass is 10.1. The Labute approximate surface area is 111 Å². The van der Waals surface area contributed by atoms with Gasteiger partial charge in [-0.2, -0.15) is 0 Å². The number of rotatable bonds is 1. The van der Waals surface area contributed by atoms with Gasteiger partial charge in [0.2, 0.25) is 0 Å². The van der Waals surface area contributed by atoms with Gasteiger partial charge in [0.05, 0.1) is 10.2 Å². The Morgan fingerprint density at radius 2 is 2.06 bits per heavy atom. The zero-order chi connectivity index (χ0) is 12.4. The molecule has 0 unspecified atom stereocenters. The Morgan fingerprint density at radius 3 is 3.00 bits per heavy atom. The van der Waals surface area contributed by atoms with E-state index in [9.17, 15) is 0 Å². The Kier molecular flexibility index (Phi) is 3.11. The van der Waals surface area contributed by atoms with E-state index in [1.165, 1.54) is 15.8 Å². The maximum Gasteiger partial charge on any atom is 0.120 e. The van der Waals surface area contributed by atoms with Crippen LogP contribution in [0.15, 0.2) is 48.6 Å². The van der Waals surface area contributed by atoms with Crippen molar-refractivity contribution in [2.75, 3.05) is 0 Å². The summed E-state index contributed by atoms with van der Waals surface area (Å²) in [5.74, 6) is 0. The monoisotopic (exact) mass is 253 g/mol. The van der Waals surface area contributed by atoms with E-state index >= 15 is 0 Å². The summed E-state index contributed by atoms with van der Waals surface area (Å²) >= 11 is 1.80. The molecule has 1 aliphatic carbocycles. The van der Waals surface area contributed by atoms with E-state index in [2.05, 4.69) is 55.5 Å². The maximum atomic E-state index is 4.74. The molecule has 0 atom stereocenters. The highest BCUT2D eigenvalue weighted by Crippen LogP contribution is 2.30. The van der Waals surface area contributed by atoms with Gasteiger partial charge in [-0.25, -0.2) is 4.98 Å². The molecule has 2 heteroatoms. The number of nitrogens with zero attached hydrogens (tertiary/aromatic N) is 1. The average molecular weight is 253 g/mol. The molecule has 1 heterocycles. The van der Waals surface area contributed by atoms with Crippen LogP contribution >= 0.6 is 11.3 Å². The van der Waals surface area contributed by atoms with Crippen LogP contribution in [0.3, 0.4) is 0 Å². The van der Waals surface area contributed by atoms with Gasteiger partial charge in [0, 0.05) is 0 Å². The van der Waals surface area contributed by atoms with Crippen LogP contribution in [-0.4, -0.2) is 4.98 Å². The fourth-order valence-electron chi connectivity index (χ4n) is 2.07. The molecule has 1 nitrogen and oxygen atoms in total. The molecule has 0 amide bonds. The van der Waals surface area contributed by atoms with Crippen molar-refractivity contribution in [2.45, 2.75) is 19.8 Å². The van der Waals surface area contributed by atoms with E-state index in [0.29, 0.717) is 0 Å². The Hall–Kier alpha value is -1.67. The van der Waals surface area contributed by atoms with Crippen molar-refractivity contribution < 1.29 is 0 Å². The highest BCUT2D eigenvalue weighted by molar-refractivity contribution is 7.19. The second-order valence-electron chi connectivity index (χ2n) is 4.52. The van der Waals surface area contributed by atoms with Gasteiger partial charge in [-0.15, -0.1) is 11.3 Å². The fourth-order valence-corrected chi connectivity index (χ4v) is 3.18. The smallest absolute Gasteiger partial charge is 0.120 e. The van der Waals surface area contributed by atoms with Crippen molar-refractivity contribution in [3.63, 3.8) is 0 Å². The lowest BCUT2D eigenvalue weighted by Gasteiger charge is -2.01. The van der Waals surface area contributed by atoms with Crippen molar-refractivity contribution >= 4 is 27.1 Å². The zero-order valence-corrected chi connectivity index (χ0v) is 11.2. The van der Waals surface area contributed by atoms with Crippen LogP contribution < -0.4 is 0 Å².